The van der Waals surface area contributed by atoms with Crippen molar-refractivity contribution in [2.24, 2.45) is 0 Å². The minimum Gasteiger partial charge on any atom is -0.494 e. The van der Waals surface area contributed by atoms with Crippen LogP contribution >= 0.6 is 0 Å². The molecule has 0 aromatic heterocycles. The highest BCUT2D eigenvalue weighted by atomic mass is 16.5. The van der Waals surface area contributed by atoms with Gasteiger partial charge in [-0.25, -0.2) is 4.79 Å². The molecular formula is C24H29NO3. The Morgan fingerprint density at radius 1 is 0.821 bits per heavy atom. The van der Waals surface area contributed by atoms with Crippen LogP contribution in [-0.2, 0) is 0 Å². The topological polar surface area (TPSA) is 59.3 Å². The van der Waals surface area contributed by atoms with Crippen molar-refractivity contribution in [2.45, 2.75) is 58.3 Å². The average molecular weight is 380 g/mol. The van der Waals surface area contributed by atoms with Crippen molar-refractivity contribution >= 4 is 5.97 Å². The number of unbranched alkanes of at least 4 members (excludes halogenated alkanes) is 7. The van der Waals surface area contributed by atoms with E-state index in [4.69, 9.17) is 14.7 Å². The summed E-state index contributed by atoms with van der Waals surface area (Å²) in [5.74, 6) is 0.747. The van der Waals surface area contributed by atoms with Gasteiger partial charge in [-0.15, -0.1) is 0 Å². The Balaban J connectivity index is 1.66. The van der Waals surface area contributed by atoms with Crippen LogP contribution in [0.3, 0.4) is 0 Å². The van der Waals surface area contributed by atoms with Gasteiger partial charge in [-0.3, -0.25) is 0 Å². The number of esters is 1. The summed E-state index contributed by atoms with van der Waals surface area (Å²) < 4.78 is 11.1. The van der Waals surface area contributed by atoms with Gasteiger partial charge in [0.05, 0.1) is 23.8 Å². The second-order valence-electron chi connectivity index (χ2n) is 6.87. The van der Waals surface area contributed by atoms with Gasteiger partial charge in [0.2, 0.25) is 0 Å². The van der Waals surface area contributed by atoms with Crippen LogP contribution in [0.25, 0.3) is 0 Å². The van der Waals surface area contributed by atoms with Crippen LogP contribution < -0.4 is 9.47 Å². The lowest BCUT2D eigenvalue weighted by Gasteiger charge is -2.08. The molecular weight excluding hydrogens is 350 g/mol. The Bertz CT molecular complexity index is 745. The van der Waals surface area contributed by atoms with Crippen LogP contribution in [0.5, 0.6) is 11.5 Å². The van der Waals surface area contributed by atoms with Gasteiger partial charge in [-0.05, 0) is 55.0 Å². The molecule has 0 unspecified atom stereocenters. The first-order chi connectivity index (χ1) is 13.7. The van der Waals surface area contributed by atoms with Crippen molar-refractivity contribution in [1.29, 1.82) is 5.26 Å². The van der Waals surface area contributed by atoms with E-state index in [-0.39, 0.29) is 0 Å². The van der Waals surface area contributed by atoms with Gasteiger partial charge in [-0.1, -0.05) is 51.9 Å². The molecule has 0 aliphatic rings. The van der Waals surface area contributed by atoms with Crippen LogP contribution in [0.1, 0.15) is 74.2 Å². The van der Waals surface area contributed by atoms with Crippen molar-refractivity contribution in [1.82, 2.24) is 0 Å². The summed E-state index contributed by atoms with van der Waals surface area (Å²) in [6.45, 7) is 2.94. The summed E-state index contributed by atoms with van der Waals surface area (Å²) in [6, 6.07) is 15.5. The number of carbonyl (C=O) groups excluding carboxylic acids is 1. The average Bonchev–Trinajstić information content (AvgIpc) is 2.73. The lowest BCUT2D eigenvalue weighted by atomic mass is 10.1. The molecule has 4 heteroatoms. The highest BCUT2D eigenvalue weighted by Crippen LogP contribution is 2.17. The van der Waals surface area contributed by atoms with Crippen molar-refractivity contribution in [2.75, 3.05) is 6.61 Å². The van der Waals surface area contributed by atoms with Crippen molar-refractivity contribution in [3.8, 4) is 17.6 Å². The zero-order valence-corrected chi connectivity index (χ0v) is 16.7. The van der Waals surface area contributed by atoms with Crippen LogP contribution in [0, 0.1) is 11.3 Å². The molecule has 0 amide bonds. The monoisotopic (exact) mass is 379 g/mol. The summed E-state index contributed by atoms with van der Waals surface area (Å²) in [4.78, 5) is 12.2. The molecule has 148 valence electrons. The van der Waals surface area contributed by atoms with Gasteiger partial charge in [-0.2, -0.15) is 5.26 Å². The van der Waals surface area contributed by atoms with Crippen LogP contribution in [0.2, 0.25) is 0 Å². The van der Waals surface area contributed by atoms with E-state index >= 15 is 0 Å². The standard InChI is InChI=1S/C24H29NO3/c1-2-3-4-5-6-7-8-9-18-27-22-16-12-21(13-17-22)24(26)28-23-14-10-20(19-25)11-15-23/h10-17H,2-9,18H2,1H3. The lowest BCUT2D eigenvalue weighted by molar-refractivity contribution is 0.0734. The predicted molar refractivity (Wildman–Crippen MR) is 111 cm³/mol. The number of hydrogen-bond donors (Lipinski definition) is 0. The van der Waals surface area contributed by atoms with E-state index in [1.807, 2.05) is 6.07 Å². The number of hydrogen-bond acceptors (Lipinski definition) is 4. The van der Waals surface area contributed by atoms with Crippen LogP contribution in [0.4, 0.5) is 0 Å². The van der Waals surface area contributed by atoms with E-state index < -0.39 is 5.97 Å². The molecule has 0 atom stereocenters. The normalized spacial score (nSPS) is 10.3. The first-order valence-corrected chi connectivity index (χ1v) is 10.2. The first-order valence-electron chi connectivity index (χ1n) is 10.2. The molecule has 2 rings (SSSR count). The smallest absolute Gasteiger partial charge is 0.343 e. The molecule has 0 N–H and O–H groups in total. The van der Waals surface area contributed by atoms with Gasteiger partial charge in [0.15, 0.2) is 0 Å². The Labute approximate surface area is 168 Å². The number of nitrogens with zero attached hydrogens (tertiary/aromatic N) is 1. The Morgan fingerprint density at radius 2 is 1.39 bits per heavy atom. The quantitative estimate of drug-likeness (QED) is 0.247. The number of nitriles is 1. The van der Waals surface area contributed by atoms with E-state index in [9.17, 15) is 4.79 Å². The molecule has 0 spiro atoms. The van der Waals surface area contributed by atoms with Gasteiger partial charge >= 0.3 is 5.97 Å². The second-order valence-corrected chi connectivity index (χ2v) is 6.87. The highest BCUT2D eigenvalue weighted by molar-refractivity contribution is 5.91. The zero-order chi connectivity index (χ0) is 20.0. The number of carbonyl (C=O) groups is 1. The molecule has 0 saturated carbocycles. The van der Waals surface area contributed by atoms with Gasteiger partial charge in [0, 0.05) is 0 Å². The van der Waals surface area contributed by atoms with Gasteiger partial charge in [0.1, 0.15) is 11.5 Å². The van der Waals surface area contributed by atoms with Gasteiger partial charge < -0.3 is 9.47 Å². The van der Waals surface area contributed by atoms with E-state index in [1.54, 1.807) is 48.5 Å². The summed E-state index contributed by atoms with van der Waals surface area (Å²) >= 11 is 0. The Hall–Kier alpha value is -2.80. The highest BCUT2D eigenvalue weighted by Gasteiger charge is 2.09. The molecule has 0 saturated heterocycles. The van der Waals surface area contributed by atoms with E-state index in [0.717, 1.165) is 12.2 Å². The zero-order valence-electron chi connectivity index (χ0n) is 16.7. The number of rotatable bonds is 12. The summed E-state index contributed by atoms with van der Waals surface area (Å²) in [6.07, 6.45) is 10.2. The van der Waals surface area contributed by atoms with Crippen LogP contribution in [-0.4, -0.2) is 12.6 Å². The molecule has 4 nitrogen and oxygen atoms in total. The van der Waals surface area contributed by atoms with E-state index in [0.29, 0.717) is 23.5 Å². The number of ether oxygens (including phenoxy) is 2. The maximum absolute atomic E-state index is 12.2. The van der Waals surface area contributed by atoms with E-state index in [1.165, 1.54) is 44.9 Å². The van der Waals surface area contributed by atoms with Crippen molar-refractivity contribution in [3.63, 3.8) is 0 Å². The van der Waals surface area contributed by atoms with Gasteiger partial charge in [0.25, 0.3) is 0 Å². The second kappa shape index (κ2) is 12.6. The fourth-order valence-corrected chi connectivity index (χ4v) is 2.88. The minimum absolute atomic E-state index is 0.416. The molecule has 0 fully saturated rings. The molecule has 0 heterocycles. The Kier molecular flexibility index (Phi) is 9.65. The molecule has 0 aliphatic heterocycles. The fraction of sp³-hybridized carbons (Fsp3) is 0.417. The molecule has 2 aromatic carbocycles. The maximum atomic E-state index is 12.2. The third-order valence-electron chi connectivity index (χ3n) is 4.55. The summed E-state index contributed by atoms with van der Waals surface area (Å²) in [5.41, 5.74) is 0.988. The van der Waals surface area contributed by atoms with Crippen LogP contribution in [0.15, 0.2) is 48.5 Å². The predicted octanol–water partition coefficient (Wildman–Crippen LogP) is 6.30. The maximum Gasteiger partial charge on any atom is 0.343 e. The first kappa shape index (κ1) is 21.5. The molecule has 0 bridgehead atoms. The van der Waals surface area contributed by atoms with Crippen molar-refractivity contribution < 1.29 is 14.3 Å². The molecule has 0 aliphatic carbocycles. The SMILES string of the molecule is CCCCCCCCCCOc1ccc(C(=O)Oc2ccc(C#N)cc2)cc1. The van der Waals surface area contributed by atoms with Crippen molar-refractivity contribution in [3.05, 3.63) is 59.7 Å². The fourth-order valence-electron chi connectivity index (χ4n) is 2.88. The summed E-state index contributed by atoms with van der Waals surface area (Å²) in [5, 5.41) is 8.79. The third kappa shape index (κ3) is 7.84. The Morgan fingerprint density at radius 3 is 2.00 bits per heavy atom. The largest absolute Gasteiger partial charge is 0.494 e. The minimum atomic E-state index is -0.431. The third-order valence-corrected chi connectivity index (χ3v) is 4.55. The molecule has 28 heavy (non-hydrogen) atoms. The van der Waals surface area contributed by atoms with E-state index in [2.05, 4.69) is 6.92 Å². The lowest BCUT2D eigenvalue weighted by Crippen LogP contribution is -2.08. The molecule has 2 aromatic rings. The number of benzene rings is 2. The summed E-state index contributed by atoms with van der Waals surface area (Å²) in [7, 11) is 0. The molecule has 0 radical (unpaired) electrons.